The quantitative estimate of drug-likeness (QED) is 0.101. The highest BCUT2D eigenvalue weighted by Gasteiger charge is 2.48. The van der Waals surface area contributed by atoms with Crippen LogP contribution in [0.2, 0.25) is 0 Å². The molecular formula is C26H40N9O10P. The second kappa shape index (κ2) is 14.3. The van der Waals surface area contributed by atoms with Crippen molar-refractivity contribution in [2.24, 2.45) is 0 Å². The fourth-order valence-electron chi connectivity index (χ4n) is 5.41. The number of nitrogen functional groups attached to an aromatic ring is 1. The Labute approximate surface area is 263 Å². The molecule has 0 amide bonds. The minimum Gasteiger partial charge on any atom is -0.394 e. The molecule has 2 aliphatic heterocycles. The van der Waals surface area contributed by atoms with E-state index in [1.54, 1.807) is 4.57 Å². The summed E-state index contributed by atoms with van der Waals surface area (Å²) in [6, 6.07) is 0. The van der Waals surface area contributed by atoms with Gasteiger partial charge in [-0.15, -0.1) is 0 Å². The van der Waals surface area contributed by atoms with Crippen molar-refractivity contribution >= 4 is 24.7 Å². The third kappa shape index (κ3) is 7.23. The Hall–Kier alpha value is -3.10. The Bertz CT molecular complexity index is 1660. The molecular weight excluding hydrogens is 629 g/mol. The third-order valence-electron chi connectivity index (χ3n) is 7.83. The summed E-state index contributed by atoms with van der Waals surface area (Å²) in [6.07, 6.45) is -2.17. The van der Waals surface area contributed by atoms with E-state index in [1.165, 1.54) is 37.5 Å². The van der Waals surface area contributed by atoms with Crippen molar-refractivity contribution in [1.29, 1.82) is 0 Å². The first kappa shape index (κ1) is 34.2. The molecule has 2 fully saturated rings. The number of fused-ring (bicyclic) bond motifs is 1. The van der Waals surface area contributed by atoms with E-state index >= 15 is 0 Å². The SMILES string of the molecule is CO[C@@H]1C(O)[C@@H](COP(=O)(NCCCN(C)C)OC2C[C@H](n3cc(C)c(=O)[nH]c3=O)O[C@@H]2CO)O[C@H]1n1cnc2c(N)ncnc21. The molecule has 46 heavy (non-hydrogen) atoms. The molecule has 2 saturated heterocycles. The fraction of sp³-hybridized carbons (Fsp3) is 0.654. The molecule has 6 N–H and O–H groups in total. The van der Waals surface area contributed by atoms with Crippen LogP contribution in [0.3, 0.4) is 0 Å². The van der Waals surface area contributed by atoms with E-state index in [9.17, 15) is 24.4 Å². The van der Waals surface area contributed by atoms with Crippen LogP contribution in [-0.2, 0) is 27.8 Å². The molecule has 5 heterocycles. The summed E-state index contributed by atoms with van der Waals surface area (Å²) < 4.78 is 46.3. The topological polar surface area (TPSA) is 243 Å². The van der Waals surface area contributed by atoms with Gasteiger partial charge >= 0.3 is 13.4 Å². The second-order valence-electron chi connectivity index (χ2n) is 11.4. The number of nitrogens with two attached hydrogens (primary N) is 1. The summed E-state index contributed by atoms with van der Waals surface area (Å²) in [5.41, 5.74) is 5.70. The van der Waals surface area contributed by atoms with Crippen LogP contribution in [0.5, 0.6) is 0 Å². The summed E-state index contributed by atoms with van der Waals surface area (Å²) in [5.74, 6) is 0.175. The van der Waals surface area contributed by atoms with Gasteiger partial charge in [0.2, 0.25) is 0 Å². The molecule has 3 unspecified atom stereocenters. The lowest BCUT2D eigenvalue weighted by Crippen LogP contribution is -2.36. The third-order valence-corrected chi connectivity index (χ3v) is 9.48. The van der Waals surface area contributed by atoms with E-state index in [2.05, 4.69) is 25.0 Å². The molecule has 0 aliphatic carbocycles. The van der Waals surface area contributed by atoms with Crippen LogP contribution >= 0.6 is 7.75 Å². The van der Waals surface area contributed by atoms with Crippen LogP contribution in [0.25, 0.3) is 11.2 Å². The molecule has 254 valence electrons. The van der Waals surface area contributed by atoms with Crippen LogP contribution < -0.4 is 22.1 Å². The zero-order valence-corrected chi connectivity index (χ0v) is 26.8. The first-order valence-corrected chi connectivity index (χ1v) is 16.2. The maximum atomic E-state index is 14.2. The van der Waals surface area contributed by atoms with Gasteiger partial charge in [-0.2, -0.15) is 0 Å². The Morgan fingerprint density at radius 3 is 2.72 bits per heavy atom. The summed E-state index contributed by atoms with van der Waals surface area (Å²) in [7, 11) is 1.07. The second-order valence-corrected chi connectivity index (χ2v) is 13.1. The van der Waals surface area contributed by atoms with Gasteiger partial charge in [-0.25, -0.2) is 29.4 Å². The van der Waals surface area contributed by atoms with Crippen molar-refractivity contribution in [3.8, 4) is 0 Å². The number of anilines is 1. The van der Waals surface area contributed by atoms with Gasteiger partial charge in [0.05, 0.1) is 19.5 Å². The molecule has 2 aliphatic rings. The number of methoxy groups -OCH3 is 1. The van der Waals surface area contributed by atoms with Gasteiger partial charge in [-0.1, -0.05) is 0 Å². The van der Waals surface area contributed by atoms with Gasteiger partial charge in [0.25, 0.3) is 5.56 Å². The minimum absolute atomic E-state index is 0.0123. The maximum Gasteiger partial charge on any atom is 0.405 e. The van der Waals surface area contributed by atoms with E-state index in [0.717, 1.165) is 0 Å². The number of aliphatic hydroxyl groups excluding tert-OH is 2. The molecule has 5 rings (SSSR count). The number of hydrogen-bond donors (Lipinski definition) is 5. The summed E-state index contributed by atoms with van der Waals surface area (Å²) in [5, 5.41) is 24.0. The van der Waals surface area contributed by atoms with Crippen molar-refractivity contribution in [2.75, 3.05) is 53.2 Å². The minimum atomic E-state index is -4.15. The number of H-pyrrole nitrogens is 1. The van der Waals surface area contributed by atoms with Crippen LogP contribution in [0.1, 0.15) is 30.9 Å². The number of aryl methyl sites for hydroxylation is 1. The summed E-state index contributed by atoms with van der Waals surface area (Å²) >= 11 is 0. The highest BCUT2D eigenvalue weighted by Crippen LogP contribution is 2.49. The van der Waals surface area contributed by atoms with E-state index < -0.39 is 68.6 Å². The van der Waals surface area contributed by atoms with Crippen molar-refractivity contribution in [2.45, 2.75) is 62.7 Å². The largest absolute Gasteiger partial charge is 0.405 e. The van der Waals surface area contributed by atoms with Gasteiger partial charge in [0.1, 0.15) is 48.6 Å². The molecule has 8 atom stereocenters. The van der Waals surface area contributed by atoms with Crippen molar-refractivity contribution < 1.29 is 38.0 Å². The molecule has 19 nitrogen and oxygen atoms in total. The zero-order valence-electron chi connectivity index (χ0n) is 25.9. The van der Waals surface area contributed by atoms with Crippen LogP contribution in [0.15, 0.2) is 28.4 Å². The first-order chi connectivity index (χ1) is 21.9. The normalized spacial score (nSPS) is 27.9. The Balaban J connectivity index is 1.33. The van der Waals surface area contributed by atoms with Gasteiger partial charge in [0.15, 0.2) is 17.7 Å². The molecule has 0 bridgehead atoms. The average Bonchev–Trinajstić information content (AvgIpc) is 3.71. The molecule has 0 saturated carbocycles. The lowest BCUT2D eigenvalue weighted by Gasteiger charge is -2.26. The number of nitrogens with one attached hydrogen (secondary N) is 2. The molecule has 3 aromatic heterocycles. The van der Waals surface area contributed by atoms with E-state index in [4.69, 9.17) is 29.0 Å². The number of aromatic amines is 1. The van der Waals surface area contributed by atoms with Gasteiger partial charge in [0, 0.05) is 31.8 Å². The highest BCUT2D eigenvalue weighted by molar-refractivity contribution is 7.51. The Morgan fingerprint density at radius 2 is 2.00 bits per heavy atom. The lowest BCUT2D eigenvalue weighted by molar-refractivity contribution is -0.0600. The fourth-order valence-corrected chi connectivity index (χ4v) is 6.99. The number of imidazole rings is 1. The molecule has 0 spiro atoms. The van der Waals surface area contributed by atoms with Crippen molar-refractivity contribution in [3.63, 3.8) is 0 Å². The standard InChI is InChI=1S/C26H40N9O10P/c1-14-9-34(26(39)32-24(14)38)18-8-15(16(10-36)43-18)45-46(40,31-6-5-7-33(2)3)42-11-17-20(37)21(41-4)25(44-17)35-13-30-19-22(27)28-12-29-23(19)35/h9,12-13,15-18,20-21,25,36-37H,5-8,10-11H2,1-4H3,(H,31,40)(H2,27,28,29)(H,32,38,39)/t15?,16-,17-,18-,20?,21-,25-,46?/m1/s1. The van der Waals surface area contributed by atoms with Crippen LogP contribution in [-0.4, -0.2) is 122 Å². The average molecular weight is 670 g/mol. The van der Waals surface area contributed by atoms with Gasteiger partial charge < -0.3 is 35.1 Å². The Kier molecular flexibility index (Phi) is 10.7. The highest BCUT2D eigenvalue weighted by atomic mass is 31.2. The maximum absolute atomic E-state index is 14.2. The van der Waals surface area contributed by atoms with Gasteiger partial charge in [-0.05, 0) is 34.0 Å². The number of nitrogens with zero attached hydrogens (tertiary/aromatic N) is 6. The van der Waals surface area contributed by atoms with E-state index in [0.29, 0.717) is 24.1 Å². The smallest absolute Gasteiger partial charge is 0.394 e. The predicted molar refractivity (Wildman–Crippen MR) is 162 cm³/mol. The summed E-state index contributed by atoms with van der Waals surface area (Å²) in [6.45, 7) is 1.59. The van der Waals surface area contributed by atoms with Crippen LogP contribution in [0, 0.1) is 6.92 Å². The number of ether oxygens (including phenoxy) is 3. The first-order valence-electron chi connectivity index (χ1n) is 14.6. The number of aromatic nitrogens is 6. The zero-order chi connectivity index (χ0) is 33.2. The molecule has 0 radical (unpaired) electrons. The van der Waals surface area contributed by atoms with Gasteiger partial charge in [-0.3, -0.25) is 28.0 Å². The van der Waals surface area contributed by atoms with E-state index in [-0.39, 0.29) is 31.0 Å². The van der Waals surface area contributed by atoms with Crippen LogP contribution in [0.4, 0.5) is 5.82 Å². The molecule has 20 heteroatoms. The Morgan fingerprint density at radius 1 is 1.22 bits per heavy atom. The number of rotatable bonds is 14. The number of hydrogen-bond acceptors (Lipinski definition) is 15. The van der Waals surface area contributed by atoms with Crippen molar-refractivity contribution in [1.82, 2.24) is 39.1 Å². The molecule has 3 aromatic rings. The number of aliphatic hydroxyl groups is 2. The predicted octanol–water partition coefficient (Wildman–Crippen LogP) is -1.13. The van der Waals surface area contributed by atoms with Crippen molar-refractivity contribution in [3.05, 3.63) is 45.3 Å². The lowest BCUT2D eigenvalue weighted by atomic mass is 10.1. The molecule has 0 aromatic carbocycles. The monoisotopic (exact) mass is 669 g/mol. The summed E-state index contributed by atoms with van der Waals surface area (Å²) in [4.78, 5) is 40.9. The van der Waals surface area contributed by atoms with E-state index in [1.807, 2.05) is 19.0 Å².